The normalized spacial score (nSPS) is 17.3. The average Bonchev–Trinajstić information content (AvgIpc) is 3.59. The maximum Gasteiger partial charge on any atom is 0.338 e. The fourth-order valence-electron chi connectivity index (χ4n) is 3.99. The van der Waals surface area contributed by atoms with Gasteiger partial charge in [-0.2, -0.15) is 9.30 Å². The highest BCUT2D eigenvalue weighted by Gasteiger charge is 2.40. The van der Waals surface area contributed by atoms with Crippen molar-refractivity contribution in [3.63, 3.8) is 0 Å². The van der Waals surface area contributed by atoms with Crippen molar-refractivity contribution in [3.05, 3.63) is 46.1 Å². The number of carbonyl (C=O) groups excluding carboxylic acids is 2. The van der Waals surface area contributed by atoms with Crippen LogP contribution < -0.4 is 4.80 Å². The number of nitrogens with zero attached hydrogens (tertiary/aromatic N) is 3. The molecule has 188 valence electrons. The quantitative estimate of drug-likeness (QED) is 0.306. The minimum atomic E-state index is -3.76. The number of ether oxygens (including phenoxy) is 2. The number of hydrogen-bond acceptors (Lipinski definition) is 8. The summed E-state index contributed by atoms with van der Waals surface area (Å²) in [5, 5.41) is 1.70. The Hall–Kier alpha value is -2.38. The molecule has 0 spiro atoms. The number of amides is 1. The fraction of sp³-hybridized carbons (Fsp3) is 0.435. The van der Waals surface area contributed by atoms with Crippen molar-refractivity contribution in [2.45, 2.75) is 43.5 Å². The molecule has 0 bridgehead atoms. The SMILES string of the molecule is CCOCCn1c(=NC(=O)C2CCCN2S(=O)(=O)c2cccs2)sc2cc(C(=O)OCC)ccc21. The summed E-state index contributed by atoms with van der Waals surface area (Å²) in [5.74, 6) is -0.913. The van der Waals surface area contributed by atoms with E-state index in [9.17, 15) is 18.0 Å². The van der Waals surface area contributed by atoms with Crippen LogP contribution in [0.4, 0.5) is 0 Å². The minimum absolute atomic E-state index is 0.220. The smallest absolute Gasteiger partial charge is 0.338 e. The zero-order valence-corrected chi connectivity index (χ0v) is 22.0. The number of rotatable bonds is 9. The average molecular weight is 538 g/mol. The molecule has 1 aromatic carbocycles. The van der Waals surface area contributed by atoms with Crippen LogP contribution in [0.25, 0.3) is 10.2 Å². The van der Waals surface area contributed by atoms with Gasteiger partial charge in [-0.25, -0.2) is 13.2 Å². The van der Waals surface area contributed by atoms with Crippen molar-refractivity contribution < 1.29 is 27.5 Å². The molecule has 9 nitrogen and oxygen atoms in total. The standard InChI is InChI=1S/C23H27N3O6S3/c1-3-31-13-12-25-17-10-9-16(22(28)32-4-2)15-19(17)34-23(25)24-21(27)18-7-5-11-26(18)35(29,30)20-8-6-14-33-20/h6,8-10,14-15,18H,3-5,7,11-13H2,1-2H3. The van der Waals surface area contributed by atoms with Gasteiger partial charge in [0.25, 0.3) is 15.9 Å². The molecular formula is C23H27N3O6S3. The van der Waals surface area contributed by atoms with E-state index in [4.69, 9.17) is 9.47 Å². The molecule has 1 atom stereocenters. The van der Waals surface area contributed by atoms with Crippen LogP contribution in [0.3, 0.4) is 0 Å². The summed E-state index contributed by atoms with van der Waals surface area (Å²) in [6.45, 7) is 5.64. The molecule has 35 heavy (non-hydrogen) atoms. The molecule has 12 heteroatoms. The molecule has 1 fully saturated rings. The highest BCUT2D eigenvalue weighted by Crippen LogP contribution is 2.29. The first-order valence-electron chi connectivity index (χ1n) is 11.4. The van der Waals surface area contributed by atoms with Gasteiger partial charge in [0.15, 0.2) is 4.80 Å². The highest BCUT2D eigenvalue weighted by molar-refractivity contribution is 7.91. The lowest BCUT2D eigenvalue weighted by Crippen LogP contribution is -2.40. The van der Waals surface area contributed by atoms with E-state index >= 15 is 0 Å². The van der Waals surface area contributed by atoms with Crippen molar-refractivity contribution in [1.82, 2.24) is 8.87 Å². The Bertz CT molecular complexity index is 1380. The molecule has 1 amide bonds. The first-order chi connectivity index (χ1) is 16.9. The molecule has 0 aliphatic carbocycles. The zero-order chi connectivity index (χ0) is 25.0. The van der Waals surface area contributed by atoms with Gasteiger partial charge in [-0.15, -0.1) is 11.3 Å². The summed E-state index contributed by atoms with van der Waals surface area (Å²) in [4.78, 5) is 30.3. The molecule has 1 aliphatic heterocycles. The van der Waals surface area contributed by atoms with E-state index in [1.165, 1.54) is 15.6 Å². The molecular weight excluding hydrogens is 510 g/mol. The lowest BCUT2D eigenvalue weighted by molar-refractivity contribution is -0.121. The van der Waals surface area contributed by atoms with E-state index in [0.717, 1.165) is 21.6 Å². The Kier molecular flexibility index (Phi) is 8.17. The van der Waals surface area contributed by atoms with Crippen molar-refractivity contribution in [3.8, 4) is 0 Å². The summed E-state index contributed by atoms with van der Waals surface area (Å²) in [6, 6.07) is 7.59. The number of sulfonamides is 1. The largest absolute Gasteiger partial charge is 0.462 e. The maximum absolute atomic E-state index is 13.3. The molecule has 1 unspecified atom stereocenters. The Morgan fingerprint density at radius 1 is 1.20 bits per heavy atom. The van der Waals surface area contributed by atoms with E-state index < -0.39 is 27.9 Å². The molecule has 0 radical (unpaired) electrons. The predicted molar refractivity (Wildman–Crippen MR) is 134 cm³/mol. The Labute approximate surface area is 211 Å². The monoisotopic (exact) mass is 537 g/mol. The van der Waals surface area contributed by atoms with Gasteiger partial charge in [-0.3, -0.25) is 4.79 Å². The second kappa shape index (κ2) is 11.1. The molecule has 3 heterocycles. The number of carbonyl (C=O) groups is 2. The van der Waals surface area contributed by atoms with E-state index in [1.807, 2.05) is 11.5 Å². The number of thiazole rings is 1. The first-order valence-corrected chi connectivity index (χ1v) is 14.5. The minimum Gasteiger partial charge on any atom is -0.462 e. The Balaban J connectivity index is 1.71. The zero-order valence-electron chi connectivity index (χ0n) is 19.5. The van der Waals surface area contributed by atoms with Gasteiger partial charge in [-0.05, 0) is 56.3 Å². The molecule has 0 N–H and O–H groups in total. The highest BCUT2D eigenvalue weighted by atomic mass is 32.2. The van der Waals surface area contributed by atoms with E-state index in [0.29, 0.717) is 43.0 Å². The second-order valence-electron chi connectivity index (χ2n) is 7.79. The number of thiophene rings is 1. The lowest BCUT2D eigenvalue weighted by atomic mass is 10.2. The third kappa shape index (κ3) is 5.41. The van der Waals surface area contributed by atoms with Crippen LogP contribution in [-0.2, 0) is 30.8 Å². The van der Waals surface area contributed by atoms with Gasteiger partial charge in [0.1, 0.15) is 10.3 Å². The number of hydrogen-bond donors (Lipinski definition) is 0. The van der Waals surface area contributed by atoms with Crippen LogP contribution in [0.2, 0.25) is 0 Å². The van der Waals surface area contributed by atoms with Crippen LogP contribution in [-0.4, -0.2) is 61.6 Å². The third-order valence-corrected chi connectivity index (χ3v) is 9.93. The van der Waals surface area contributed by atoms with Gasteiger partial charge in [0.2, 0.25) is 0 Å². The van der Waals surface area contributed by atoms with Crippen LogP contribution >= 0.6 is 22.7 Å². The Morgan fingerprint density at radius 3 is 2.74 bits per heavy atom. The number of aromatic nitrogens is 1. The van der Waals surface area contributed by atoms with Crippen LogP contribution in [0.1, 0.15) is 37.0 Å². The molecule has 0 saturated carbocycles. The van der Waals surface area contributed by atoms with Gasteiger partial charge >= 0.3 is 5.97 Å². The topological polar surface area (TPSA) is 107 Å². The van der Waals surface area contributed by atoms with Crippen molar-refractivity contribution >= 4 is 54.8 Å². The summed E-state index contributed by atoms with van der Waals surface area (Å²) in [5.41, 5.74) is 1.23. The van der Waals surface area contributed by atoms with Gasteiger partial charge in [0.05, 0.1) is 29.0 Å². The molecule has 1 aliphatic rings. The number of esters is 1. The second-order valence-corrected chi connectivity index (χ2v) is 11.9. The van der Waals surface area contributed by atoms with Crippen molar-refractivity contribution in [2.75, 3.05) is 26.4 Å². The van der Waals surface area contributed by atoms with E-state index in [1.54, 1.807) is 42.6 Å². The lowest BCUT2D eigenvalue weighted by Gasteiger charge is -2.20. The molecule has 1 saturated heterocycles. The van der Waals surface area contributed by atoms with Crippen molar-refractivity contribution in [1.29, 1.82) is 0 Å². The Morgan fingerprint density at radius 2 is 2.03 bits per heavy atom. The fourth-order valence-corrected chi connectivity index (χ4v) is 7.86. The summed E-state index contributed by atoms with van der Waals surface area (Å²) < 4.78 is 40.9. The van der Waals surface area contributed by atoms with Gasteiger partial charge < -0.3 is 14.0 Å². The summed E-state index contributed by atoms with van der Waals surface area (Å²) >= 11 is 2.40. The van der Waals surface area contributed by atoms with E-state index in [2.05, 4.69) is 4.99 Å². The molecule has 3 aromatic rings. The van der Waals surface area contributed by atoms with Crippen LogP contribution in [0.5, 0.6) is 0 Å². The van der Waals surface area contributed by atoms with Gasteiger partial charge in [0, 0.05) is 19.7 Å². The third-order valence-electron chi connectivity index (χ3n) is 5.61. The van der Waals surface area contributed by atoms with Crippen molar-refractivity contribution in [2.24, 2.45) is 4.99 Å². The van der Waals surface area contributed by atoms with Crippen LogP contribution in [0, 0.1) is 0 Å². The molecule has 4 rings (SSSR count). The first kappa shape index (κ1) is 25.7. The maximum atomic E-state index is 13.3. The predicted octanol–water partition coefficient (Wildman–Crippen LogP) is 3.26. The van der Waals surface area contributed by atoms with Crippen LogP contribution in [0.15, 0.2) is 44.9 Å². The summed E-state index contributed by atoms with van der Waals surface area (Å²) in [7, 11) is -3.76. The van der Waals surface area contributed by atoms with E-state index in [-0.39, 0.29) is 17.4 Å². The number of fused-ring (bicyclic) bond motifs is 1. The summed E-state index contributed by atoms with van der Waals surface area (Å²) in [6.07, 6.45) is 1.01. The van der Waals surface area contributed by atoms with Gasteiger partial charge in [-0.1, -0.05) is 17.4 Å². The number of benzene rings is 1. The molecule has 2 aromatic heterocycles.